The molecule has 7 heteroatoms. The molecule has 0 bridgehead atoms. The molecule has 0 aromatic carbocycles. The van der Waals surface area contributed by atoms with Crippen molar-refractivity contribution in [1.82, 2.24) is 24.5 Å². The van der Waals surface area contributed by atoms with Crippen molar-refractivity contribution in [3.05, 3.63) is 64.6 Å². The third-order valence-electron chi connectivity index (χ3n) is 4.56. The number of amides is 1. The zero-order chi connectivity index (χ0) is 16.5. The zero-order valence-corrected chi connectivity index (χ0v) is 13.1. The molecule has 1 amide bonds. The van der Waals surface area contributed by atoms with Gasteiger partial charge in [-0.1, -0.05) is 6.07 Å². The van der Waals surface area contributed by atoms with Crippen LogP contribution in [0.2, 0.25) is 0 Å². The predicted molar refractivity (Wildman–Crippen MR) is 87.9 cm³/mol. The maximum absolute atomic E-state index is 12.8. The van der Waals surface area contributed by atoms with Crippen LogP contribution in [0.1, 0.15) is 34.8 Å². The molecule has 0 saturated carbocycles. The van der Waals surface area contributed by atoms with Gasteiger partial charge in [0.15, 0.2) is 0 Å². The molecule has 1 N–H and O–H groups in total. The van der Waals surface area contributed by atoms with Gasteiger partial charge in [0, 0.05) is 31.3 Å². The molecule has 0 spiro atoms. The highest BCUT2D eigenvalue weighted by Gasteiger charge is 2.26. The van der Waals surface area contributed by atoms with Crippen LogP contribution < -0.4 is 5.56 Å². The largest absolute Gasteiger partial charge is 0.338 e. The van der Waals surface area contributed by atoms with Crippen LogP contribution in [-0.4, -0.2) is 43.5 Å². The smallest absolute Gasteiger partial charge is 0.257 e. The van der Waals surface area contributed by atoms with Gasteiger partial charge in [0.25, 0.3) is 11.5 Å². The van der Waals surface area contributed by atoms with E-state index in [0.29, 0.717) is 18.7 Å². The maximum atomic E-state index is 12.8. The third kappa shape index (κ3) is 2.58. The summed E-state index contributed by atoms with van der Waals surface area (Å²) in [7, 11) is 0. The standard InChI is InChI=1S/C17H17N5O2/c23-16-9-14(18-11-19-16)12-4-7-21(8-5-12)17(24)13-10-20-22-6-2-1-3-15(13)22/h1-3,6,9-12H,4-5,7-8H2,(H,18,19,23). The fourth-order valence-electron chi connectivity index (χ4n) is 3.25. The van der Waals surface area contributed by atoms with Gasteiger partial charge in [-0.05, 0) is 25.0 Å². The van der Waals surface area contributed by atoms with E-state index >= 15 is 0 Å². The van der Waals surface area contributed by atoms with Gasteiger partial charge in [-0.15, -0.1) is 0 Å². The summed E-state index contributed by atoms with van der Waals surface area (Å²) in [6, 6.07) is 7.23. The van der Waals surface area contributed by atoms with Gasteiger partial charge in [0.2, 0.25) is 0 Å². The van der Waals surface area contributed by atoms with E-state index in [1.807, 2.05) is 29.3 Å². The summed E-state index contributed by atoms with van der Waals surface area (Å²) in [5, 5.41) is 4.23. The monoisotopic (exact) mass is 323 g/mol. The van der Waals surface area contributed by atoms with Gasteiger partial charge in [-0.2, -0.15) is 5.10 Å². The number of rotatable bonds is 2. The number of carbonyl (C=O) groups is 1. The van der Waals surface area contributed by atoms with Gasteiger partial charge >= 0.3 is 0 Å². The number of aromatic amines is 1. The Morgan fingerprint density at radius 1 is 1.25 bits per heavy atom. The van der Waals surface area contributed by atoms with Gasteiger partial charge < -0.3 is 9.88 Å². The van der Waals surface area contributed by atoms with Crippen LogP contribution >= 0.6 is 0 Å². The van der Waals surface area contributed by atoms with E-state index in [2.05, 4.69) is 15.1 Å². The fourth-order valence-corrected chi connectivity index (χ4v) is 3.25. The molecular weight excluding hydrogens is 306 g/mol. The Kier molecular flexibility index (Phi) is 3.60. The predicted octanol–water partition coefficient (Wildman–Crippen LogP) is 1.44. The molecule has 0 radical (unpaired) electrons. The lowest BCUT2D eigenvalue weighted by Crippen LogP contribution is -2.38. The number of piperidine rings is 1. The van der Waals surface area contributed by atoms with Crippen molar-refractivity contribution in [2.75, 3.05) is 13.1 Å². The van der Waals surface area contributed by atoms with Gasteiger partial charge in [0.05, 0.1) is 29.3 Å². The number of nitrogens with one attached hydrogen (secondary N) is 1. The third-order valence-corrected chi connectivity index (χ3v) is 4.56. The zero-order valence-electron chi connectivity index (χ0n) is 13.1. The Morgan fingerprint density at radius 2 is 2.08 bits per heavy atom. The summed E-state index contributed by atoms with van der Waals surface area (Å²) < 4.78 is 1.71. The van der Waals surface area contributed by atoms with Crippen LogP contribution in [0, 0.1) is 0 Å². The highest BCUT2D eigenvalue weighted by Crippen LogP contribution is 2.27. The first-order chi connectivity index (χ1) is 11.7. The molecule has 3 aromatic heterocycles. The van der Waals surface area contributed by atoms with Crippen molar-refractivity contribution >= 4 is 11.4 Å². The Bertz CT molecular complexity index is 937. The summed E-state index contributed by atoms with van der Waals surface area (Å²) in [5.74, 6) is 0.230. The first-order valence-corrected chi connectivity index (χ1v) is 7.98. The average molecular weight is 323 g/mol. The Labute approximate surface area is 138 Å². The molecule has 1 aliphatic heterocycles. The highest BCUT2D eigenvalue weighted by molar-refractivity contribution is 6.00. The minimum absolute atomic E-state index is 0.00789. The molecular formula is C17H17N5O2. The number of hydrogen-bond donors (Lipinski definition) is 1. The first-order valence-electron chi connectivity index (χ1n) is 7.98. The highest BCUT2D eigenvalue weighted by atomic mass is 16.2. The van der Waals surface area contributed by atoms with Crippen molar-refractivity contribution in [3.8, 4) is 0 Å². The molecule has 0 atom stereocenters. The number of H-pyrrole nitrogens is 1. The Hall–Kier alpha value is -2.96. The van der Waals surface area contributed by atoms with E-state index in [0.717, 1.165) is 24.1 Å². The second kappa shape index (κ2) is 5.92. The normalized spacial score (nSPS) is 15.8. The number of nitrogens with zero attached hydrogens (tertiary/aromatic N) is 4. The van der Waals surface area contributed by atoms with Gasteiger partial charge in [-0.3, -0.25) is 9.59 Å². The number of carbonyl (C=O) groups excluding carboxylic acids is 1. The molecule has 1 fully saturated rings. The lowest BCUT2D eigenvalue weighted by atomic mass is 9.93. The van der Waals surface area contributed by atoms with E-state index in [9.17, 15) is 9.59 Å². The summed E-state index contributed by atoms with van der Waals surface area (Å²) in [5.41, 5.74) is 2.12. The molecule has 122 valence electrons. The Balaban J connectivity index is 1.49. The summed E-state index contributed by atoms with van der Waals surface area (Å²) >= 11 is 0. The topological polar surface area (TPSA) is 83.4 Å². The number of fused-ring (bicyclic) bond motifs is 1. The first kappa shape index (κ1) is 14.6. The lowest BCUT2D eigenvalue weighted by Gasteiger charge is -2.31. The van der Waals surface area contributed by atoms with Crippen LogP contribution in [0.3, 0.4) is 0 Å². The molecule has 4 heterocycles. The maximum Gasteiger partial charge on any atom is 0.257 e. The molecule has 1 saturated heterocycles. The number of likely N-dealkylation sites (tertiary alicyclic amines) is 1. The molecule has 0 aliphatic carbocycles. The van der Waals surface area contributed by atoms with E-state index in [-0.39, 0.29) is 17.4 Å². The molecule has 0 unspecified atom stereocenters. The lowest BCUT2D eigenvalue weighted by molar-refractivity contribution is 0.0714. The average Bonchev–Trinajstić information content (AvgIpc) is 3.05. The second-order valence-corrected chi connectivity index (χ2v) is 5.99. The van der Waals surface area contributed by atoms with Crippen LogP contribution in [-0.2, 0) is 0 Å². The Morgan fingerprint density at radius 3 is 2.88 bits per heavy atom. The van der Waals surface area contributed by atoms with Crippen LogP contribution in [0.5, 0.6) is 0 Å². The van der Waals surface area contributed by atoms with E-state index in [1.165, 1.54) is 6.33 Å². The molecule has 1 aliphatic rings. The van der Waals surface area contributed by atoms with Crippen molar-refractivity contribution in [2.45, 2.75) is 18.8 Å². The number of pyridine rings is 1. The number of hydrogen-bond acceptors (Lipinski definition) is 4. The van der Waals surface area contributed by atoms with Crippen molar-refractivity contribution in [3.63, 3.8) is 0 Å². The summed E-state index contributed by atoms with van der Waals surface area (Å²) in [6.07, 6.45) is 6.51. The van der Waals surface area contributed by atoms with E-state index in [4.69, 9.17) is 0 Å². The molecule has 7 nitrogen and oxygen atoms in total. The molecule has 24 heavy (non-hydrogen) atoms. The van der Waals surface area contributed by atoms with Gasteiger partial charge in [-0.25, -0.2) is 9.50 Å². The summed E-state index contributed by atoms with van der Waals surface area (Å²) in [6.45, 7) is 1.31. The summed E-state index contributed by atoms with van der Waals surface area (Å²) in [4.78, 5) is 32.8. The van der Waals surface area contributed by atoms with Crippen molar-refractivity contribution in [2.24, 2.45) is 0 Å². The fraction of sp³-hybridized carbons (Fsp3) is 0.294. The van der Waals surface area contributed by atoms with Crippen LogP contribution in [0.4, 0.5) is 0 Å². The quantitative estimate of drug-likeness (QED) is 0.773. The van der Waals surface area contributed by atoms with E-state index < -0.39 is 0 Å². The SMILES string of the molecule is O=C(c1cnn2ccccc12)N1CCC(c2cc(=O)[nH]cn2)CC1. The van der Waals surface area contributed by atoms with Crippen molar-refractivity contribution < 1.29 is 4.79 Å². The molecule has 4 rings (SSSR count). The molecule has 3 aromatic rings. The number of aromatic nitrogens is 4. The van der Waals surface area contributed by atoms with Crippen LogP contribution in [0.25, 0.3) is 5.52 Å². The van der Waals surface area contributed by atoms with Gasteiger partial charge in [0.1, 0.15) is 0 Å². The minimum Gasteiger partial charge on any atom is -0.338 e. The second-order valence-electron chi connectivity index (χ2n) is 5.99. The van der Waals surface area contributed by atoms with E-state index in [1.54, 1.807) is 16.8 Å². The minimum atomic E-state index is -0.134. The van der Waals surface area contributed by atoms with Crippen LogP contribution in [0.15, 0.2) is 47.8 Å². The van der Waals surface area contributed by atoms with Crippen molar-refractivity contribution in [1.29, 1.82) is 0 Å².